The van der Waals surface area contributed by atoms with Crippen LogP contribution in [0.15, 0.2) is 60.7 Å². The van der Waals surface area contributed by atoms with Gasteiger partial charge in [0.1, 0.15) is 6.61 Å². The first-order valence-corrected chi connectivity index (χ1v) is 12.4. The third-order valence-electron chi connectivity index (χ3n) is 6.63. The first-order chi connectivity index (χ1) is 17.5. The van der Waals surface area contributed by atoms with E-state index in [1.807, 2.05) is 60.7 Å². The number of Topliss-reactive ketones (excluding diaryl/α,β-unsaturated/α-hetero) is 1. The van der Waals surface area contributed by atoms with Gasteiger partial charge in [-0.05, 0) is 48.4 Å². The summed E-state index contributed by atoms with van der Waals surface area (Å²) in [7, 11) is 1.65. The number of nitrogens with zero attached hydrogens (tertiary/aromatic N) is 3. The quantitative estimate of drug-likeness (QED) is 0.328. The highest BCUT2D eigenvalue weighted by atomic mass is 35.5. The lowest BCUT2D eigenvalue weighted by Crippen LogP contribution is -2.47. The minimum Gasteiger partial charge on any atom is -0.493 e. The number of anilines is 1. The highest BCUT2D eigenvalue weighted by molar-refractivity contribution is 6.31. The van der Waals surface area contributed by atoms with E-state index in [9.17, 15) is 4.79 Å². The number of methoxy groups -OCH3 is 1. The third kappa shape index (κ3) is 5.17. The lowest BCUT2D eigenvalue weighted by atomic mass is 10.0. The van der Waals surface area contributed by atoms with E-state index in [1.54, 1.807) is 14.0 Å². The Morgan fingerprint density at radius 3 is 2.44 bits per heavy atom. The predicted octanol–water partition coefficient (Wildman–Crippen LogP) is 5.30. The van der Waals surface area contributed by atoms with Crippen molar-refractivity contribution in [2.24, 2.45) is 0 Å². The molecule has 1 aliphatic rings. The number of ketones is 1. The number of ether oxygens (including phenoxy) is 2. The van der Waals surface area contributed by atoms with E-state index >= 15 is 0 Å². The maximum atomic E-state index is 11.5. The number of carbonyl (C=O) groups is 1. The van der Waals surface area contributed by atoms with E-state index in [1.165, 1.54) is 0 Å². The van der Waals surface area contributed by atoms with Crippen molar-refractivity contribution in [1.82, 2.24) is 15.1 Å². The Morgan fingerprint density at radius 1 is 0.972 bits per heavy atom. The van der Waals surface area contributed by atoms with E-state index < -0.39 is 0 Å². The Labute approximate surface area is 215 Å². The number of halogens is 1. The standard InChI is InChI=1S/C28H29ClN4O3/c1-19(34)20-3-5-21(6-4-20)22-7-10-26(27(17-22)35-2)36-16-15-32-11-13-33(14-12-32)28-24-9-8-23(29)18-25(24)30-31-28/h3-10,17-18H,11-16H2,1-2H3,(H,30,31). The molecule has 7 nitrogen and oxygen atoms in total. The first-order valence-electron chi connectivity index (χ1n) is 12.0. The molecule has 3 aromatic carbocycles. The van der Waals surface area contributed by atoms with Crippen molar-refractivity contribution in [3.8, 4) is 22.6 Å². The summed E-state index contributed by atoms with van der Waals surface area (Å²) in [6, 6.07) is 19.4. The molecular formula is C28H29ClN4O3. The number of nitrogens with one attached hydrogen (secondary N) is 1. The second kappa shape index (κ2) is 10.6. The Bertz CT molecular complexity index is 1360. The molecule has 1 N–H and O–H groups in total. The van der Waals surface area contributed by atoms with Crippen molar-refractivity contribution in [2.75, 3.05) is 51.3 Å². The van der Waals surface area contributed by atoms with E-state index in [-0.39, 0.29) is 5.78 Å². The number of aromatic nitrogens is 2. The molecule has 186 valence electrons. The monoisotopic (exact) mass is 504 g/mol. The number of carbonyl (C=O) groups excluding carboxylic acids is 1. The lowest BCUT2D eigenvalue weighted by molar-refractivity contribution is 0.101. The molecule has 0 bridgehead atoms. The fourth-order valence-electron chi connectivity index (χ4n) is 4.55. The van der Waals surface area contributed by atoms with Crippen molar-refractivity contribution in [2.45, 2.75) is 6.92 Å². The SMILES string of the molecule is COc1cc(-c2ccc(C(C)=O)cc2)ccc1OCCN1CCN(c2n[nH]c3cc(Cl)ccc23)CC1. The van der Waals surface area contributed by atoms with Gasteiger partial charge in [-0.25, -0.2) is 0 Å². The van der Waals surface area contributed by atoms with Crippen LogP contribution in [0.2, 0.25) is 5.02 Å². The van der Waals surface area contributed by atoms with Gasteiger partial charge in [-0.2, -0.15) is 5.10 Å². The molecule has 1 saturated heterocycles. The highest BCUT2D eigenvalue weighted by Gasteiger charge is 2.21. The summed E-state index contributed by atoms with van der Waals surface area (Å²) in [5, 5.41) is 9.41. The van der Waals surface area contributed by atoms with Crippen LogP contribution in [0.1, 0.15) is 17.3 Å². The van der Waals surface area contributed by atoms with Gasteiger partial charge in [-0.3, -0.25) is 14.8 Å². The molecule has 36 heavy (non-hydrogen) atoms. The molecule has 0 unspecified atom stereocenters. The predicted molar refractivity (Wildman–Crippen MR) is 144 cm³/mol. The summed E-state index contributed by atoms with van der Waals surface area (Å²) in [6.45, 7) is 6.68. The summed E-state index contributed by atoms with van der Waals surface area (Å²) >= 11 is 6.10. The molecular weight excluding hydrogens is 476 g/mol. The van der Waals surface area contributed by atoms with Crippen LogP contribution in [-0.2, 0) is 0 Å². The van der Waals surface area contributed by atoms with Crippen LogP contribution in [0.5, 0.6) is 11.5 Å². The maximum Gasteiger partial charge on any atom is 0.161 e. The summed E-state index contributed by atoms with van der Waals surface area (Å²) in [6.07, 6.45) is 0. The van der Waals surface area contributed by atoms with Gasteiger partial charge in [0.25, 0.3) is 0 Å². The normalized spacial score (nSPS) is 14.2. The molecule has 0 amide bonds. The molecule has 4 aromatic rings. The fourth-order valence-corrected chi connectivity index (χ4v) is 4.72. The highest BCUT2D eigenvalue weighted by Crippen LogP contribution is 2.33. The molecule has 0 aliphatic carbocycles. The van der Waals surface area contributed by atoms with Crippen molar-refractivity contribution >= 4 is 34.1 Å². The van der Waals surface area contributed by atoms with Crippen molar-refractivity contribution < 1.29 is 14.3 Å². The van der Waals surface area contributed by atoms with Gasteiger partial charge >= 0.3 is 0 Å². The topological polar surface area (TPSA) is 70.7 Å². The van der Waals surface area contributed by atoms with Crippen LogP contribution in [0.4, 0.5) is 5.82 Å². The zero-order valence-electron chi connectivity index (χ0n) is 20.5. The minimum atomic E-state index is 0.0595. The molecule has 0 saturated carbocycles. The second-order valence-electron chi connectivity index (χ2n) is 8.91. The fraction of sp³-hybridized carbons (Fsp3) is 0.286. The Kier molecular flexibility index (Phi) is 7.11. The summed E-state index contributed by atoms with van der Waals surface area (Å²) < 4.78 is 11.7. The van der Waals surface area contributed by atoms with E-state index in [2.05, 4.69) is 20.0 Å². The maximum absolute atomic E-state index is 11.5. The third-order valence-corrected chi connectivity index (χ3v) is 6.87. The number of piperazine rings is 1. The molecule has 1 aliphatic heterocycles. The van der Waals surface area contributed by atoms with Crippen molar-refractivity contribution in [3.05, 3.63) is 71.2 Å². The number of aromatic amines is 1. The molecule has 0 radical (unpaired) electrons. The first kappa shape index (κ1) is 24.2. The summed E-state index contributed by atoms with van der Waals surface area (Å²) in [5.74, 6) is 2.46. The molecule has 0 atom stereocenters. The largest absolute Gasteiger partial charge is 0.493 e. The van der Waals surface area contributed by atoms with Crippen molar-refractivity contribution in [3.63, 3.8) is 0 Å². The van der Waals surface area contributed by atoms with E-state index in [0.29, 0.717) is 22.9 Å². The number of hydrogen-bond donors (Lipinski definition) is 1. The van der Waals surface area contributed by atoms with Gasteiger partial charge in [0.05, 0.1) is 12.6 Å². The van der Waals surface area contributed by atoms with Gasteiger partial charge in [0, 0.05) is 48.7 Å². The van der Waals surface area contributed by atoms with Gasteiger partial charge in [-0.15, -0.1) is 0 Å². The van der Waals surface area contributed by atoms with E-state index in [0.717, 1.165) is 66.3 Å². The number of fused-ring (bicyclic) bond motifs is 1. The van der Waals surface area contributed by atoms with Crippen LogP contribution in [-0.4, -0.2) is 67.3 Å². The van der Waals surface area contributed by atoms with Crippen LogP contribution in [0.3, 0.4) is 0 Å². The average Bonchev–Trinajstić information content (AvgIpc) is 3.32. The van der Waals surface area contributed by atoms with Gasteiger partial charge in [-0.1, -0.05) is 41.9 Å². The average molecular weight is 505 g/mol. The minimum absolute atomic E-state index is 0.0595. The van der Waals surface area contributed by atoms with Crippen LogP contribution in [0, 0.1) is 0 Å². The van der Waals surface area contributed by atoms with Crippen molar-refractivity contribution in [1.29, 1.82) is 0 Å². The molecule has 1 aromatic heterocycles. The smallest absolute Gasteiger partial charge is 0.161 e. The number of H-pyrrole nitrogens is 1. The molecule has 8 heteroatoms. The van der Waals surface area contributed by atoms with Gasteiger partial charge in [0.15, 0.2) is 23.1 Å². The zero-order valence-corrected chi connectivity index (χ0v) is 21.2. The molecule has 5 rings (SSSR count). The van der Waals surface area contributed by atoms with Gasteiger partial charge < -0.3 is 14.4 Å². The second-order valence-corrected chi connectivity index (χ2v) is 9.35. The molecule has 1 fully saturated rings. The lowest BCUT2D eigenvalue weighted by Gasteiger charge is -2.34. The Balaban J connectivity index is 1.15. The van der Waals surface area contributed by atoms with E-state index in [4.69, 9.17) is 21.1 Å². The van der Waals surface area contributed by atoms with Gasteiger partial charge in [0.2, 0.25) is 0 Å². The number of hydrogen-bond acceptors (Lipinski definition) is 6. The number of rotatable bonds is 8. The summed E-state index contributed by atoms with van der Waals surface area (Å²) in [5.41, 5.74) is 3.70. The van der Waals surface area contributed by atoms with Crippen LogP contribution >= 0.6 is 11.6 Å². The summed E-state index contributed by atoms with van der Waals surface area (Å²) in [4.78, 5) is 16.2. The Morgan fingerprint density at radius 2 is 1.72 bits per heavy atom. The molecule has 0 spiro atoms. The zero-order chi connectivity index (χ0) is 25.1. The number of benzene rings is 3. The van der Waals surface area contributed by atoms with Crippen LogP contribution < -0.4 is 14.4 Å². The molecule has 2 heterocycles. The Hall–Kier alpha value is -3.55. The van der Waals surface area contributed by atoms with Crippen LogP contribution in [0.25, 0.3) is 22.0 Å².